The predicted molar refractivity (Wildman–Crippen MR) is 157 cm³/mol. The van der Waals surface area contributed by atoms with Crippen molar-refractivity contribution in [2.75, 3.05) is 10.8 Å². The van der Waals surface area contributed by atoms with Crippen molar-refractivity contribution in [2.45, 2.75) is 51.2 Å². The normalized spacial score (nSPS) is 12.2. The second-order valence-corrected chi connectivity index (χ2v) is 12.4. The van der Waals surface area contributed by atoms with Gasteiger partial charge in [0.1, 0.15) is 12.6 Å². The van der Waals surface area contributed by atoms with Gasteiger partial charge in [-0.05, 0) is 69.7 Å². The molecule has 3 aromatic rings. The van der Waals surface area contributed by atoms with Gasteiger partial charge in [0.2, 0.25) is 11.8 Å². The molecule has 208 valence electrons. The van der Waals surface area contributed by atoms with Crippen LogP contribution >= 0.6 is 34.8 Å². The van der Waals surface area contributed by atoms with Crippen LogP contribution in [0.2, 0.25) is 15.1 Å². The Hall–Kier alpha value is -2.78. The number of hydrogen-bond donors (Lipinski definition) is 1. The Balaban J connectivity index is 2.08. The highest BCUT2D eigenvalue weighted by Crippen LogP contribution is 2.30. The number of nitrogens with one attached hydrogen (secondary N) is 1. The maximum absolute atomic E-state index is 13.9. The maximum Gasteiger partial charge on any atom is 0.264 e. The zero-order valence-electron chi connectivity index (χ0n) is 22.0. The van der Waals surface area contributed by atoms with Crippen molar-refractivity contribution in [3.8, 4) is 0 Å². The third kappa shape index (κ3) is 7.45. The van der Waals surface area contributed by atoms with Crippen LogP contribution in [0.15, 0.2) is 71.6 Å². The lowest BCUT2D eigenvalue weighted by Gasteiger charge is -2.32. The summed E-state index contributed by atoms with van der Waals surface area (Å²) >= 11 is 19.1. The number of rotatable bonds is 10. The van der Waals surface area contributed by atoms with Crippen molar-refractivity contribution in [1.29, 1.82) is 0 Å². The highest BCUT2D eigenvalue weighted by Gasteiger charge is 2.33. The smallest absolute Gasteiger partial charge is 0.264 e. The van der Waals surface area contributed by atoms with Crippen LogP contribution in [-0.4, -0.2) is 43.8 Å². The number of halogens is 3. The van der Waals surface area contributed by atoms with Gasteiger partial charge in [-0.15, -0.1) is 0 Å². The van der Waals surface area contributed by atoms with Gasteiger partial charge in [0.15, 0.2) is 0 Å². The number of benzene rings is 3. The minimum Gasteiger partial charge on any atom is -0.352 e. The van der Waals surface area contributed by atoms with E-state index in [2.05, 4.69) is 5.32 Å². The Morgan fingerprint density at radius 1 is 0.872 bits per heavy atom. The summed E-state index contributed by atoms with van der Waals surface area (Å²) in [4.78, 5) is 28.2. The zero-order valence-corrected chi connectivity index (χ0v) is 25.1. The highest BCUT2D eigenvalue weighted by molar-refractivity contribution is 7.92. The number of aryl methyl sites for hydroxylation is 1. The van der Waals surface area contributed by atoms with Crippen molar-refractivity contribution in [3.63, 3.8) is 0 Å². The second-order valence-electron chi connectivity index (χ2n) is 9.32. The standard InChI is InChI=1S/C28H30Cl3N3O4S/c1-18(2)32-28(36)20(4)33(16-23-24(29)11-8-12-25(23)30)27(35)17-34(21-14-13-19(3)26(31)15-21)39(37,38)22-9-6-5-7-10-22/h5-15,18,20H,16-17H2,1-4H3,(H,32,36)/t20-/m0/s1. The maximum atomic E-state index is 13.9. The van der Waals surface area contributed by atoms with Gasteiger partial charge in [0, 0.05) is 33.2 Å². The van der Waals surface area contributed by atoms with E-state index in [0.717, 1.165) is 9.87 Å². The first-order valence-corrected chi connectivity index (χ1v) is 14.8. The molecular formula is C28H30Cl3N3O4S. The number of nitrogens with zero attached hydrogens (tertiary/aromatic N) is 2. The van der Waals surface area contributed by atoms with Crippen molar-refractivity contribution < 1.29 is 18.0 Å². The number of carbonyl (C=O) groups is 2. The largest absolute Gasteiger partial charge is 0.352 e. The van der Waals surface area contributed by atoms with Gasteiger partial charge < -0.3 is 10.2 Å². The lowest BCUT2D eigenvalue weighted by molar-refractivity contribution is -0.139. The van der Waals surface area contributed by atoms with Crippen molar-refractivity contribution >= 4 is 62.3 Å². The Labute approximate surface area is 244 Å². The molecule has 1 atom stereocenters. The first-order valence-electron chi connectivity index (χ1n) is 12.2. The van der Waals surface area contributed by atoms with E-state index in [-0.39, 0.29) is 23.2 Å². The van der Waals surface area contributed by atoms with Crippen LogP contribution in [-0.2, 0) is 26.2 Å². The average Bonchev–Trinajstić information content (AvgIpc) is 2.88. The molecule has 0 aliphatic rings. The molecule has 0 heterocycles. The van der Waals surface area contributed by atoms with Gasteiger partial charge in [-0.1, -0.05) is 65.1 Å². The van der Waals surface area contributed by atoms with Crippen LogP contribution in [0.1, 0.15) is 31.9 Å². The van der Waals surface area contributed by atoms with Gasteiger partial charge in [-0.25, -0.2) is 8.42 Å². The molecule has 3 aromatic carbocycles. The first kappa shape index (κ1) is 30.8. The molecular weight excluding hydrogens is 581 g/mol. The van der Waals surface area contributed by atoms with E-state index in [1.807, 2.05) is 0 Å². The van der Waals surface area contributed by atoms with Crippen molar-refractivity contribution in [1.82, 2.24) is 10.2 Å². The molecule has 0 bridgehead atoms. The SMILES string of the molecule is Cc1ccc(N(CC(=O)N(Cc2c(Cl)cccc2Cl)[C@@H](C)C(=O)NC(C)C)S(=O)(=O)c2ccccc2)cc1Cl. The van der Waals surface area contributed by atoms with Crippen LogP contribution in [0.4, 0.5) is 5.69 Å². The molecule has 0 saturated carbocycles. The van der Waals surface area contributed by atoms with Gasteiger partial charge in [0.05, 0.1) is 10.6 Å². The number of amides is 2. The topological polar surface area (TPSA) is 86.8 Å². The molecule has 0 aliphatic carbocycles. The third-order valence-electron chi connectivity index (χ3n) is 6.04. The lowest BCUT2D eigenvalue weighted by atomic mass is 10.1. The third-order valence-corrected chi connectivity index (χ3v) is 8.95. The summed E-state index contributed by atoms with van der Waals surface area (Å²) in [6, 6.07) is 16.3. The minimum absolute atomic E-state index is 0.000736. The van der Waals surface area contributed by atoms with E-state index in [4.69, 9.17) is 34.8 Å². The van der Waals surface area contributed by atoms with Gasteiger partial charge in [-0.2, -0.15) is 0 Å². The lowest BCUT2D eigenvalue weighted by Crippen LogP contribution is -2.52. The molecule has 39 heavy (non-hydrogen) atoms. The Morgan fingerprint density at radius 2 is 1.49 bits per heavy atom. The van der Waals surface area contributed by atoms with E-state index >= 15 is 0 Å². The van der Waals surface area contributed by atoms with Crippen molar-refractivity contribution in [3.05, 3.63) is 92.9 Å². The Morgan fingerprint density at radius 3 is 2.05 bits per heavy atom. The molecule has 0 aliphatic heterocycles. The predicted octanol–water partition coefficient (Wildman–Crippen LogP) is 6.09. The van der Waals surface area contributed by atoms with Gasteiger partial charge in [0.25, 0.3) is 10.0 Å². The number of carbonyl (C=O) groups excluding carboxylic acids is 2. The first-order chi connectivity index (χ1) is 18.3. The minimum atomic E-state index is -4.19. The van der Waals surface area contributed by atoms with E-state index in [1.54, 1.807) is 76.2 Å². The Bertz CT molecular complexity index is 1430. The van der Waals surface area contributed by atoms with E-state index in [1.165, 1.54) is 23.1 Å². The fourth-order valence-corrected chi connectivity index (χ4v) is 5.95. The summed E-state index contributed by atoms with van der Waals surface area (Å²) in [6.45, 7) is 6.25. The molecule has 0 spiro atoms. The quantitative estimate of drug-likeness (QED) is 0.301. The summed E-state index contributed by atoms with van der Waals surface area (Å²) in [7, 11) is -4.19. The average molecular weight is 611 g/mol. The molecule has 2 amide bonds. The fraction of sp³-hybridized carbons (Fsp3) is 0.286. The molecule has 0 unspecified atom stereocenters. The zero-order chi connectivity index (χ0) is 28.9. The molecule has 0 fully saturated rings. The Kier molecular flexibility index (Phi) is 10.3. The number of hydrogen-bond acceptors (Lipinski definition) is 4. The highest BCUT2D eigenvalue weighted by atomic mass is 35.5. The fourth-order valence-electron chi connectivity index (χ4n) is 3.83. The monoisotopic (exact) mass is 609 g/mol. The van der Waals surface area contributed by atoms with Gasteiger partial charge in [-0.3, -0.25) is 13.9 Å². The van der Waals surface area contributed by atoms with E-state index in [0.29, 0.717) is 20.6 Å². The number of sulfonamides is 1. The van der Waals surface area contributed by atoms with E-state index in [9.17, 15) is 18.0 Å². The van der Waals surface area contributed by atoms with Crippen molar-refractivity contribution in [2.24, 2.45) is 0 Å². The van der Waals surface area contributed by atoms with E-state index < -0.39 is 34.4 Å². The van der Waals surface area contributed by atoms with Crippen LogP contribution in [0.25, 0.3) is 0 Å². The van der Waals surface area contributed by atoms with Crippen LogP contribution < -0.4 is 9.62 Å². The summed E-state index contributed by atoms with van der Waals surface area (Å²) in [5.41, 5.74) is 1.39. The van der Waals surface area contributed by atoms with Gasteiger partial charge >= 0.3 is 0 Å². The van der Waals surface area contributed by atoms with Crippen LogP contribution in [0.3, 0.4) is 0 Å². The summed E-state index contributed by atoms with van der Waals surface area (Å²) in [5.74, 6) is -1.04. The molecule has 0 radical (unpaired) electrons. The van der Waals surface area contributed by atoms with Crippen LogP contribution in [0.5, 0.6) is 0 Å². The second kappa shape index (κ2) is 13.0. The van der Waals surface area contributed by atoms with Crippen LogP contribution in [0, 0.1) is 6.92 Å². The molecule has 0 saturated heterocycles. The molecule has 11 heteroatoms. The molecule has 0 aromatic heterocycles. The summed E-state index contributed by atoms with van der Waals surface area (Å²) in [6.07, 6.45) is 0. The summed E-state index contributed by atoms with van der Waals surface area (Å²) < 4.78 is 28.6. The number of anilines is 1. The molecule has 7 nitrogen and oxygen atoms in total. The molecule has 3 rings (SSSR count). The summed E-state index contributed by atoms with van der Waals surface area (Å²) in [5, 5.41) is 3.78. The molecule has 1 N–H and O–H groups in total.